The SMILES string of the molecule is Cc1ccc(N2CCCC(N(C)Cc3cc(C)no3)C2)nn1. The molecule has 6 heteroatoms. The van der Waals surface area contributed by atoms with Crippen LogP contribution in [0.5, 0.6) is 0 Å². The molecule has 0 saturated carbocycles. The van der Waals surface area contributed by atoms with Crippen LogP contribution in [-0.2, 0) is 6.54 Å². The minimum atomic E-state index is 0.488. The Kier molecular flexibility index (Phi) is 4.38. The lowest BCUT2D eigenvalue weighted by molar-refractivity contribution is 0.186. The first-order chi connectivity index (χ1) is 10.6. The van der Waals surface area contributed by atoms with Crippen LogP contribution in [0, 0.1) is 13.8 Å². The average Bonchev–Trinajstić information content (AvgIpc) is 2.93. The molecule has 3 rings (SSSR count). The summed E-state index contributed by atoms with van der Waals surface area (Å²) in [7, 11) is 2.15. The van der Waals surface area contributed by atoms with Gasteiger partial charge in [-0.15, -0.1) is 5.10 Å². The Balaban J connectivity index is 1.63. The van der Waals surface area contributed by atoms with Gasteiger partial charge >= 0.3 is 0 Å². The molecule has 2 aromatic heterocycles. The van der Waals surface area contributed by atoms with E-state index in [0.29, 0.717) is 6.04 Å². The first-order valence-corrected chi connectivity index (χ1v) is 7.79. The molecule has 0 N–H and O–H groups in total. The van der Waals surface area contributed by atoms with Gasteiger partial charge in [0.25, 0.3) is 0 Å². The lowest BCUT2D eigenvalue weighted by atomic mass is 10.0. The van der Waals surface area contributed by atoms with E-state index in [1.54, 1.807) is 0 Å². The van der Waals surface area contributed by atoms with Gasteiger partial charge in [0.1, 0.15) is 0 Å². The summed E-state index contributed by atoms with van der Waals surface area (Å²) in [6, 6.07) is 6.57. The van der Waals surface area contributed by atoms with E-state index in [4.69, 9.17) is 4.52 Å². The van der Waals surface area contributed by atoms with Crippen molar-refractivity contribution in [1.82, 2.24) is 20.3 Å². The first kappa shape index (κ1) is 15.0. The molecule has 0 amide bonds. The van der Waals surface area contributed by atoms with Crippen LogP contribution in [0.4, 0.5) is 5.82 Å². The number of rotatable bonds is 4. The minimum Gasteiger partial charge on any atom is -0.360 e. The largest absolute Gasteiger partial charge is 0.360 e. The van der Waals surface area contributed by atoms with Crippen molar-refractivity contribution in [1.29, 1.82) is 0 Å². The lowest BCUT2D eigenvalue weighted by Crippen LogP contribution is -2.46. The maximum Gasteiger partial charge on any atom is 0.151 e. The molecular weight excluding hydrogens is 278 g/mol. The smallest absolute Gasteiger partial charge is 0.151 e. The van der Waals surface area contributed by atoms with Crippen molar-refractivity contribution < 1.29 is 4.52 Å². The maximum absolute atomic E-state index is 5.32. The predicted molar refractivity (Wildman–Crippen MR) is 84.7 cm³/mol. The number of hydrogen-bond acceptors (Lipinski definition) is 6. The Bertz CT molecular complexity index is 609. The van der Waals surface area contributed by atoms with Crippen molar-refractivity contribution in [3.8, 4) is 0 Å². The monoisotopic (exact) mass is 301 g/mol. The van der Waals surface area contributed by atoms with E-state index in [1.807, 2.05) is 26.0 Å². The van der Waals surface area contributed by atoms with Crippen molar-refractivity contribution in [2.24, 2.45) is 0 Å². The van der Waals surface area contributed by atoms with Crippen LogP contribution in [0.15, 0.2) is 22.7 Å². The fourth-order valence-corrected chi connectivity index (χ4v) is 2.95. The van der Waals surface area contributed by atoms with Crippen molar-refractivity contribution in [2.75, 3.05) is 25.0 Å². The Hall–Kier alpha value is -1.95. The van der Waals surface area contributed by atoms with Crippen LogP contribution >= 0.6 is 0 Å². The molecule has 3 heterocycles. The average molecular weight is 301 g/mol. The number of hydrogen-bond donors (Lipinski definition) is 0. The Labute approximate surface area is 131 Å². The number of aryl methyl sites for hydroxylation is 2. The van der Waals surface area contributed by atoms with Gasteiger partial charge in [-0.1, -0.05) is 5.16 Å². The molecular formula is C16H23N5O. The fourth-order valence-electron chi connectivity index (χ4n) is 2.95. The van der Waals surface area contributed by atoms with Crippen LogP contribution in [0.2, 0.25) is 0 Å². The van der Waals surface area contributed by atoms with E-state index in [2.05, 4.69) is 38.3 Å². The predicted octanol–water partition coefficient (Wildman–Crippen LogP) is 2.18. The number of likely N-dealkylation sites (N-methyl/N-ethyl adjacent to an activating group) is 1. The summed E-state index contributed by atoms with van der Waals surface area (Å²) in [4.78, 5) is 4.66. The molecule has 1 unspecified atom stereocenters. The highest BCUT2D eigenvalue weighted by Gasteiger charge is 2.25. The highest BCUT2D eigenvalue weighted by molar-refractivity contribution is 5.38. The van der Waals surface area contributed by atoms with Gasteiger partial charge in [-0.25, -0.2) is 0 Å². The molecule has 0 radical (unpaired) electrons. The summed E-state index contributed by atoms with van der Waals surface area (Å²) in [5.41, 5.74) is 1.89. The molecule has 1 aliphatic heterocycles. The molecule has 1 saturated heterocycles. The number of nitrogens with zero attached hydrogens (tertiary/aromatic N) is 5. The zero-order chi connectivity index (χ0) is 15.5. The third-order valence-corrected chi connectivity index (χ3v) is 4.21. The van der Waals surface area contributed by atoms with Gasteiger partial charge in [-0.05, 0) is 45.9 Å². The van der Waals surface area contributed by atoms with E-state index in [0.717, 1.165) is 42.6 Å². The highest BCUT2D eigenvalue weighted by Crippen LogP contribution is 2.21. The van der Waals surface area contributed by atoms with Crippen LogP contribution < -0.4 is 4.90 Å². The second kappa shape index (κ2) is 6.44. The summed E-state index contributed by atoms with van der Waals surface area (Å²) in [6.07, 6.45) is 2.36. The summed E-state index contributed by atoms with van der Waals surface area (Å²) >= 11 is 0. The normalized spacial score (nSPS) is 18.9. The summed E-state index contributed by atoms with van der Waals surface area (Å²) in [5.74, 6) is 1.89. The minimum absolute atomic E-state index is 0.488. The van der Waals surface area contributed by atoms with Gasteiger partial charge in [0, 0.05) is 25.2 Å². The van der Waals surface area contributed by atoms with Crippen molar-refractivity contribution in [3.05, 3.63) is 35.3 Å². The van der Waals surface area contributed by atoms with Crippen LogP contribution in [0.25, 0.3) is 0 Å². The van der Waals surface area contributed by atoms with Gasteiger partial charge in [-0.2, -0.15) is 5.10 Å². The van der Waals surface area contributed by atoms with Crippen LogP contribution in [0.3, 0.4) is 0 Å². The first-order valence-electron chi connectivity index (χ1n) is 7.79. The molecule has 2 aromatic rings. The summed E-state index contributed by atoms with van der Waals surface area (Å²) in [6.45, 7) is 6.72. The Morgan fingerprint density at radius 3 is 2.82 bits per heavy atom. The summed E-state index contributed by atoms with van der Waals surface area (Å²) in [5, 5.41) is 12.4. The van der Waals surface area contributed by atoms with E-state index in [1.165, 1.54) is 12.8 Å². The molecule has 1 fully saturated rings. The number of aromatic nitrogens is 3. The van der Waals surface area contributed by atoms with Gasteiger partial charge < -0.3 is 9.42 Å². The van der Waals surface area contributed by atoms with Gasteiger partial charge in [0.2, 0.25) is 0 Å². The van der Waals surface area contributed by atoms with Gasteiger partial charge in [0.15, 0.2) is 11.6 Å². The fraction of sp³-hybridized carbons (Fsp3) is 0.562. The number of piperidine rings is 1. The van der Waals surface area contributed by atoms with E-state index in [9.17, 15) is 0 Å². The molecule has 1 aliphatic rings. The third kappa shape index (κ3) is 3.44. The lowest BCUT2D eigenvalue weighted by Gasteiger charge is -2.37. The van der Waals surface area contributed by atoms with Gasteiger partial charge in [-0.3, -0.25) is 4.90 Å². The van der Waals surface area contributed by atoms with Crippen molar-refractivity contribution in [2.45, 2.75) is 39.3 Å². The Morgan fingerprint density at radius 2 is 2.14 bits per heavy atom. The molecule has 118 valence electrons. The van der Waals surface area contributed by atoms with E-state index < -0.39 is 0 Å². The third-order valence-electron chi connectivity index (χ3n) is 4.21. The van der Waals surface area contributed by atoms with Gasteiger partial charge in [0.05, 0.1) is 17.9 Å². The molecule has 0 spiro atoms. The van der Waals surface area contributed by atoms with Crippen molar-refractivity contribution in [3.63, 3.8) is 0 Å². The molecule has 1 atom stereocenters. The topological polar surface area (TPSA) is 58.3 Å². The maximum atomic E-state index is 5.32. The molecule has 0 aromatic carbocycles. The molecule has 0 aliphatic carbocycles. The zero-order valence-electron chi connectivity index (χ0n) is 13.5. The summed E-state index contributed by atoms with van der Waals surface area (Å²) < 4.78 is 5.32. The standard InChI is InChI=1S/C16H23N5O/c1-12-6-7-16(18-17-12)21-8-4-5-14(10-21)20(3)11-15-9-13(2)19-22-15/h6-7,9,14H,4-5,8,10-11H2,1-3H3. The second-order valence-corrected chi connectivity index (χ2v) is 6.12. The van der Waals surface area contributed by atoms with E-state index in [-0.39, 0.29) is 0 Å². The molecule has 0 bridgehead atoms. The zero-order valence-corrected chi connectivity index (χ0v) is 13.5. The molecule has 22 heavy (non-hydrogen) atoms. The second-order valence-electron chi connectivity index (χ2n) is 6.12. The highest BCUT2D eigenvalue weighted by atomic mass is 16.5. The van der Waals surface area contributed by atoms with E-state index >= 15 is 0 Å². The van der Waals surface area contributed by atoms with Crippen LogP contribution in [-0.4, -0.2) is 46.4 Å². The van der Waals surface area contributed by atoms with Crippen LogP contribution in [0.1, 0.15) is 30.0 Å². The van der Waals surface area contributed by atoms with Crippen molar-refractivity contribution >= 4 is 5.82 Å². The number of anilines is 1. The quantitative estimate of drug-likeness (QED) is 0.862. The molecule has 6 nitrogen and oxygen atoms in total. The Morgan fingerprint density at radius 1 is 1.27 bits per heavy atom.